The van der Waals surface area contributed by atoms with E-state index in [0.29, 0.717) is 6.54 Å². The molecule has 5 nitrogen and oxygen atoms in total. The van der Waals surface area contributed by atoms with Crippen LogP contribution >= 0.6 is 0 Å². The Balaban J connectivity index is 1.59. The lowest BCUT2D eigenvalue weighted by atomic mass is 10.1. The van der Waals surface area contributed by atoms with Crippen molar-refractivity contribution in [1.29, 1.82) is 0 Å². The molecule has 1 aliphatic rings. The number of anilines is 1. The second kappa shape index (κ2) is 4.52. The number of aromatic amines is 1. The van der Waals surface area contributed by atoms with Crippen molar-refractivity contribution in [2.75, 3.05) is 5.32 Å². The Kier molecular flexibility index (Phi) is 2.72. The highest BCUT2D eigenvalue weighted by atomic mass is 16.2. The Bertz CT molecular complexity index is 525. The summed E-state index contributed by atoms with van der Waals surface area (Å²) >= 11 is 0. The minimum Gasteiger partial charge on any atom is -0.373 e. The first-order valence-electron chi connectivity index (χ1n) is 5.93. The smallest absolute Gasteiger partial charge is 0.243 e. The average molecular weight is 242 g/mol. The van der Waals surface area contributed by atoms with Crippen LogP contribution in [0, 0.1) is 0 Å². The number of carbonyl (C=O) groups is 1. The van der Waals surface area contributed by atoms with Crippen molar-refractivity contribution in [3.05, 3.63) is 47.8 Å². The number of aromatic nitrogens is 2. The number of para-hydroxylation sites is 1. The molecule has 0 saturated carbocycles. The molecule has 2 aromatic rings. The van der Waals surface area contributed by atoms with Gasteiger partial charge in [-0.15, -0.1) is 0 Å². The van der Waals surface area contributed by atoms with Gasteiger partial charge < -0.3 is 10.6 Å². The molecule has 0 radical (unpaired) electrons. The zero-order chi connectivity index (χ0) is 12.4. The molecule has 92 valence electrons. The molecule has 1 amide bonds. The van der Waals surface area contributed by atoms with Gasteiger partial charge in [-0.25, -0.2) is 0 Å². The Morgan fingerprint density at radius 3 is 3.11 bits per heavy atom. The van der Waals surface area contributed by atoms with E-state index in [1.54, 1.807) is 12.4 Å². The minimum absolute atomic E-state index is 0.0207. The molecule has 18 heavy (non-hydrogen) atoms. The number of rotatable bonds is 3. The maximum Gasteiger partial charge on any atom is 0.243 e. The molecule has 0 unspecified atom stereocenters. The topological polar surface area (TPSA) is 69.8 Å². The number of amides is 1. The summed E-state index contributed by atoms with van der Waals surface area (Å²) in [6.07, 6.45) is 4.22. The predicted octanol–water partition coefficient (Wildman–Crippen LogP) is 1.06. The first kappa shape index (κ1) is 10.8. The van der Waals surface area contributed by atoms with Crippen molar-refractivity contribution in [3.8, 4) is 0 Å². The van der Waals surface area contributed by atoms with E-state index in [0.717, 1.165) is 17.7 Å². The summed E-state index contributed by atoms with van der Waals surface area (Å²) in [7, 11) is 0. The van der Waals surface area contributed by atoms with Gasteiger partial charge in [0.1, 0.15) is 6.04 Å². The van der Waals surface area contributed by atoms with E-state index >= 15 is 0 Å². The van der Waals surface area contributed by atoms with Crippen LogP contribution in [0.3, 0.4) is 0 Å². The molecular weight excluding hydrogens is 228 g/mol. The van der Waals surface area contributed by atoms with E-state index in [2.05, 4.69) is 20.8 Å². The molecule has 5 heteroatoms. The molecule has 3 rings (SSSR count). The number of fused-ring (bicyclic) bond motifs is 1. The van der Waals surface area contributed by atoms with Crippen LogP contribution in [-0.4, -0.2) is 22.1 Å². The van der Waals surface area contributed by atoms with Crippen molar-refractivity contribution < 1.29 is 4.79 Å². The molecule has 1 atom stereocenters. The summed E-state index contributed by atoms with van der Waals surface area (Å²) in [6, 6.07) is 7.84. The van der Waals surface area contributed by atoms with Crippen LogP contribution in [0.1, 0.15) is 11.1 Å². The van der Waals surface area contributed by atoms with Crippen LogP contribution in [0.15, 0.2) is 36.7 Å². The Morgan fingerprint density at radius 2 is 2.33 bits per heavy atom. The first-order valence-corrected chi connectivity index (χ1v) is 5.93. The number of nitrogens with one attached hydrogen (secondary N) is 3. The van der Waals surface area contributed by atoms with Gasteiger partial charge in [-0.05, 0) is 11.6 Å². The van der Waals surface area contributed by atoms with Crippen LogP contribution in [0.4, 0.5) is 5.69 Å². The summed E-state index contributed by atoms with van der Waals surface area (Å²) < 4.78 is 0. The van der Waals surface area contributed by atoms with Crippen LogP contribution < -0.4 is 10.6 Å². The second-order valence-electron chi connectivity index (χ2n) is 4.38. The molecule has 0 spiro atoms. The van der Waals surface area contributed by atoms with Gasteiger partial charge >= 0.3 is 0 Å². The van der Waals surface area contributed by atoms with E-state index in [-0.39, 0.29) is 11.9 Å². The van der Waals surface area contributed by atoms with Gasteiger partial charge in [0.25, 0.3) is 0 Å². The van der Waals surface area contributed by atoms with Gasteiger partial charge in [-0.1, -0.05) is 18.2 Å². The van der Waals surface area contributed by atoms with Gasteiger partial charge in [0.05, 0.1) is 6.20 Å². The standard InChI is InChI=1S/C13H14N4O/c18-13(14-6-9-7-15-16-8-9)12-5-10-3-1-2-4-11(10)17-12/h1-4,7-8,12,17H,5-6H2,(H,14,18)(H,15,16)/t12-/m0/s1. The third-order valence-electron chi connectivity index (χ3n) is 3.11. The highest BCUT2D eigenvalue weighted by Gasteiger charge is 2.25. The molecule has 1 aliphatic heterocycles. The summed E-state index contributed by atoms with van der Waals surface area (Å²) in [5, 5.41) is 12.7. The van der Waals surface area contributed by atoms with Crippen molar-refractivity contribution >= 4 is 11.6 Å². The van der Waals surface area contributed by atoms with Gasteiger partial charge in [0.15, 0.2) is 0 Å². The Labute approximate surface area is 105 Å². The molecule has 2 heterocycles. The Hall–Kier alpha value is -2.30. The lowest BCUT2D eigenvalue weighted by Crippen LogP contribution is -2.37. The minimum atomic E-state index is -0.172. The Morgan fingerprint density at radius 1 is 1.44 bits per heavy atom. The van der Waals surface area contributed by atoms with E-state index in [9.17, 15) is 4.79 Å². The zero-order valence-corrected chi connectivity index (χ0v) is 9.81. The van der Waals surface area contributed by atoms with Crippen molar-refractivity contribution in [2.45, 2.75) is 19.0 Å². The lowest BCUT2D eigenvalue weighted by molar-refractivity contribution is -0.121. The molecule has 3 N–H and O–H groups in total. The zero-order valence-electron chi connectivity index (χ0n) is 9.81. The monoisotopic (exact) mass is 242 g/mol. The molecule has 0 saturated heterocycles. The molecular formula is C13H14N4O. The van der Waals surface area contributed by atoms with Crippen LogP contribution in [0.2, 0.25) is 0 Å². The van der Waals surface area contributed by atoms with Gasteiger partial charge in [0, 0.05) is 30.4 Å². The third-order valence-corrected chi connectivity index (χ3v) is 3.11. The van der Waals surface area contributed by atoms with E-state index in [1.807, 2.05) is 24.3 Å². The highest BCUT2D eigenvalue weighted by molar-refractivity contribution is 5.87. The number of hydrogen-bond donors (Lipinski definition) is 3. The summed E-state index contributed by atoms with van der Waals surface area (Å²) in [6.45, 7) is 0.504. The fourth-order valence-corrected chi connectivity index (χ4v) is 2.14. The van der Waals surface area contributed by atoms with Crippen LogP contribution in [0.25, 0.3) is 0 Å². The quantitative estimate of drug-likeness (QED) is 0.754. The maximum absolute atomic E-state index is 12.0. The first-order chi connectivity index (χ1) is 8.83. The number of hydrogen-bond acceptors (Lipinski definition) is 3. The lowest BCUT2D eigenvalue weighted by Gasteiger charge is -2.11. The normalized spacial score (nSPS) is 17.0. The molecule has 1 aromatic carbocycles. The molecule has 0 aliphatic carbocycles. The molecule has 1 aromatic heterocycles. The van der Waals surface area contributed by atoms with Crippen molar-refractivity contribution in [3.63, 3.8) is 0 Å². The van der Waals surface area contributed by atoms with Gasteiger partial charge in [0.2, 0.25) is 5.91 Å². The predicted molar refractivity (Wildman–Crippen MR) is 68.0 cm³/mol. The number of benzene rings is 1. The SMILES string of the molecule is O=C(NCc1cn[nH]c1)[C@@H]1Cc2ccccc2N1. The van der Waals surface area contributed by atoms with E-state index in [4.69, 9.17) is 0 Å². The summed E-state index contributed by atoms with van der Waals surface area (Å²) in [5.41, 5.74) is 3.22. The highest BCUT2D eigenvalue weighted by Crippen LogP contribution is 2.25. The van der Waals surface area contributed by atoms with Crippen LogP contribution in [0.5, 0.6) is 0 Å². The summed E-state index contributed by atoms with van der Waals surface area (Å²) in [4.78, 5) is 12.0. The summed E-state index contributed by atoms with van der Waals surface area (Å²) in [5.74, 6) is 0.0207. The second-order valence-corrected chi connectivity index (χ2v) is 4.38. The van der Waals surface area contributed by atoms with E-state index < -0.39 is 0 Å². The molecule has 0 bridgehead atoms. The fourth-order valence-electron chi connectivity index (χ4n) is 2.14. The number of nitrogens with zero attached hydrogens (tertiary/aromatic N) is 1. The van der Waals surface area contributed by atoms with Crippen molar-refractivity contribution in [2.24, 2.45) is 0 Å². The number of carbonyl (C=O) groups excluding carboxylic acids is 1. The molecule has 0 fully saturated rings. The third kappa shape index (κ3) is 2.07. The van der Waals surface area contributed by atoms with E-state index in [1.165, 1.54) is 5.56 Å². The maximum atomic E-state index is 12.0. The van der Waals surface area contributed by atoms with Crippen molar-refractivity contribution in [1.82, 2.24) is 15.5 Å². The number of H-pyrrole nitrogens is 1. The average Bonchev–Trinajstić information content (AvgIpc) is 3.04. The fraction of sp³-hybridized carbons (Fsp3) is 0.231. The van der Waals surface area contributed by atoms with Crippen LogP contribution in [-0.2, 0) is 17.8 Å². The van der Waals surface area contributed by atoms with Gasteiger partial charge in [-0.2, -0.15) is 5.10 Å². The largest absolute Gasteiger partial charge is 0.373 e. The van der Waals surface area contributed by atoms with Gasteiger partial charge in [-0.3, -0.25) is 9.89 Å².